The molecule has 0 fully saturated rings. The van der Waals surface area contributed by atoms with Gasteiger partial charge in [0.05, 0.1) is 7.11 Å². The van der Waals surface area contributed by atoms with Gasteiger partial charge in [0.2, 0.25) is 0 Å². The maximum atomic E-state index is 12.3. The van der Waals surface area contributed by atoms with Crippen molar-refractivity contribution in [3.8, 4) is 11.5 Å². The summed E-state index contributed by atoms with van der Waals surface area (Å²) in [6.45, 7) is -0.114. The number of aliphatic hydroxyl groups excluding tert-OH is 2. The lowest BCUT2D eigenvalue weighted by Crippen LogP contribution is -2.26. The molecule has 2 unspecified atom stereocenters. The predicted molar refractivity (Wildman–Crippen MR) is 109 cm³/mol. The van der Waals surface area contributed by atoms with Gasteiger partial charge in [-0.25, -0.2) is 4.79 Å². The van der Waals surface area contributed by atoms with Crippen LogP contribution < -0.4 is 15.1 Å². The first-order chi connectivity index (χ1) is 14.1. The molecule has 0 saturated carbocycles. The number of methoxy groups -OCH3 is 1. The third-order valence-corrected chi connectivity index (χ3v) is 5.44. The van der Waals surface area contributed by atoms with Crippen molar-refractivity contribution in [2.75, 3.05) is 13.7 Å². The van der Waals surface area contributed by atoms with Gasteiger partial charge in [-0.05, 0) is 55.0 Å². The monoisotopic (exact) mass is 396 g/mol. The summed E-state index contributed by atoms with van der Waals surface area (Å²) in [7, 11) is 1.54. The molecular weight excluding hydrogens is 372 g/mol. The van der Waals surface area contributed by atoms with E-state index in [0.29, 0.717) is 34.6 Å². The molecule has 1 aromatic heterocycles. The van der Waals surface area contributed by atoms with E-state index in [2.05, 4.69) is 0 Å². The average molecular weight is 396 g/mol. The van der Waals surface area contributed by atoms with Crippen molar-refractivity contribution in [1.29, 1.82) is 0 Å². The molecule has 4 rings (SSSR count). The zero-order valence-electron chi connectivity index (χ0n) is 16.3. The quantitative estimate of drug-likeness (QED) is 0.622. The fraction of sp³-hybridized carbons (Fsp3) is 0.348. The third-order valence-electron chi connectivity index (χ3n) is 5.44. The number of hydrogen-bond acceptors (Lipinski definition) is 6. The first kappa shape index (κ1) is 19.5. The Balaban J connectivity index is 1.64. The van der Waals surface area contributed by atoms with E-state index in [1.54, 1.807) is 43.5 Å². The lowest BCUT2D eigenvalue weighted by atomic mass is 9.87. The van der Waals surface area contributed by atoms with Gasteiger partial charge in [-0.1, -0.05) is 24.3 Å². The van der Waals surface area contributed by atoms with E-state index >= 15 is 0 Å². The van der Waals surface area contributed by atoms with E-state index in [9.17, 15) is 15.0 Å². The van der Waals surface area contributed by atoms with Gasteiger partial charge in [0, 0.05) is 10.9 Å². The van der Waals surface area contributed by atoms with Gasteiger partial charge in [0.25, 0.3) is 0 Å². The Kier molecular flexibility index (Phi) is 5.56. The van der Waals surface area contributed by atoms with Gasteiger partial charge in [-0.15, -0.1) is 0 Å². The van der Waals surface area contributed by atoms with Gasteiger partial charge >= 0.3 is 5.63 Å². The van der Waals surface area contributed by atoms with Gasteiger partial charge in [0.15, 0.2) is 11.5 Å². The second kappa shape index (κ2) is 8.27. The zero-order chi connectivity index (χ0) is 20.4. The number of aryl methyl sites for hydroxylation is 1. The summed E-state index contributed by atoms with van der Waals surface area (Å²) in [6.07, 6.45) is 1.01. The van der Waals surface area contributed by atoms with Crippen molar-refractivity contribution in [3.63, 3.8) is 0 Å². The predicted octanol–water partition coefficient (Wildman–Crippen LogP) is 3.15. The standard InChI is InChI=1S/C23H24O6/c1-27-18-10-4-5-11-19(18)28-13-17(24)22(25)16-9-6-12-20-21(16)14-7-2-3-8-15(14)23(26)29-20/h4-6,9-12,17,22,24-25H,2-3,7-8,13H2,1H3. The van der Waals surface area contributed by atoms with Crippen molar-refractivity contribution in [1.82, 2.24) is 0 Å². The van der Waals surface area contributed by atoms with E-state index in [0.717, 1.165) is 30.2 Å². The van der Waals surface area contributed by atoms with Gasteiger partial charge < -0.3 is 24.1 Å². The number of hydrogen-bond donors (Lipinski definition) is 2. The maximum Gasteiger partial charge on any atom is 0.339 e. The van der Waals surface area contributed by atoms with Crippen LogP contribution in [-0.4, -0.2) is 30.0 Å². The van der Waals surface area contributed by atoms with E-state index < -0.39 is 12.2 Å². The molecule has 152 valence electrons. The van der Waals surface area contributed by atoms with Gasteiger partial charge in [-0.2, -0.15) is 0 Å². The Morgan fingerprint density at radius 2 is 1.72 bits per heavy atom. The fourth-order valence-corrected chi connectivity index (χ4v) is 3.98. The van der Waals surface area contributed by atoms with Crippen molar-refractivity contribution >= 4 is 11.0 Å². The van der Waals surface area contributed by atoms with Gasteiger partial charge in [0.1, 0.15) is 24.4 Å². The molecule has 1 aliphatic rings. The number of fused-ring (bicyclic) bond motifs is 3. The normalized spacial score (nSPS) is 15.6. The van der Waals surface area contributed by atoms with E-state index in [-0.39, 0.29) is 12.2 Å². The molecule has 2 atom stereocenters. The minimum absolute atomic E-state index is 0.114. The molecule has 0 saturated heterocycles. The number of aliphatic hydroxyl groups is 2. The molecule has 1 heterocycles. The number of para-hydroxylation sites is 2. The highest BCUT2D eigenvalue weighted by molar-refractivity contribution is 5.85. The van der Waals surface area contributed by atoms with Crippen LogP contribution >= 0.6 is 0 Å². The third kappa shape index (κ3) is 3.73. The molecule has 1 aliphatic carbocycles. The Labute approximate surface area is 168 Å². The molecule has 29 heavy (non-hydrogen) atoms. The van der Waals surface area contributed by atoms with Gasteiger partial charge in [-0.3, -0.25) is 0 Å². The molecule has 0 amide bonds. The Bertz CT molecular complexity index is 1070. The molecular formula is C23H24O6. The second-order valence-corrected chi connectivity index (χ2v) is 7.25. The lowest BCUT2D eigenvalue weighted by Gasteiger charge is -2.23. The van der Waals surface area contributed by atoms with Crippen LogP contribution in [0.5, 0.6) is 11.5 Å². The van der Waals surface area contributed by atoms with E-state index in [1.165, 1.54) is 0 Å². The van der Waals surface area contributed by atoms with Crippen LogP contribution in [0.1, 0.15) is 35.6 Å². The minimum atomic E-state index is -1.19. The second-order valence-electron chi connectivity index (χ2n) is 7.25. The molecule has 0 radical (unpaired) electrons. The summed E-state index contributed by atoms with van der Waals surface area (Å²) >= 11 is 0. The van der Waals surface area contributed by atoms with Crippen molar-refractivity contribution < 1.29 is 24.1 Å². The topological polar surface area (TPSA) is 89.1 Å². The Morgan fingerprint density at radius 1 is 1.00 bits per heavy atom. The first-order valence-electron chi connectivity index (χ1n) is 9.79. The number of rotatable bonds is 6. The summed E-state index contributed by atoms with van der Waals surface area (Å²) in [5.41, 5.74) is 2.28. The van der Waals surface area contributed by atoms with Crippen LogP contribution in [0.15, 0.2) is 51.7 Å². The largest absolute Gasteiger partial charge is 0.493 e. The van der Waals surface area contributed by atoms with Crippen molar-refractivity contribution in [3.05, 3.63) is 69.6 Å². The lowest BCUT2D eigenvalue weighted by molar-refractivity contribution is -0.00876. The minimum Gasteiger partial charge on any atom is -0.493 e. The SMILES string of the molecule is COc1ccccc1OCC(O)C(O)c1cccc2oc(=O)c3c(c12)CCCC3. The highest BCUT2D eigenvalue weighted by Gasteiger charge is 2.26. The summed E-state index contributed by atoms with van der Waals surface area (Å²) in [6, 6.07) is 12.3. The van der Waals surface area contributed by atoms with Crippen LogP contribution in [0.4, 0.5) is 0 Å². The summed E-state index contributed by atoms with van der Waals surface area (Å²) in [5.74, 6) is 1.04. The average Bonchev–Trinajstić information content (AvgIpc) is 2.76. The highest BCUT2D eigenvalue weighted by atomic mass is 16.5. The molecule has 2 aromatic carbocycles. The summed E-state index contributed by atoms with van der Waals surface area (Å²) < 4.78 is 16.4. The molecule has 0 aliphatic heterocycles. The van der Waals surface area contributed by atoms with Crippen LogP contribution in [-0.2, 0) is 12.8 Å². The first-order valence-corrected chi connectivity index (χ1v) is 9.79. The zero-order valence-corrected chi connectivity index (χ0v) is 16.3. The number of benzene rings is 2. The summed E-state index contributed by atoms with van der Waals surface area (Å²) in [4.78, 5) is 12.3. The Morgan fingerprint density at radius 3 is 2.48 bits per heavy atom. The molecule has 0 bridgehead atoms. The fourth-order valence-electron chi connectivity index (χ4n) is 3.98. The molecule has 6 nitrogen and oxygen atoms in total. The molecule has 2 N–H and O–H groups in total. The van der Waals surface area contributed by atoms with Crippen LogP contribution in [0.25, 0.3) is 11.0 Å². The smallest absolute Gasteiger partial charge is 0.339 e. The molecule has 3 aromatic rings. The Hall–Kier alpha value is -2.83. The summed E-state index contributed by atoms with van der Waals surface area (Å²) in [5, 5.41) is 22.2. The van der Waals surface area contributed by atoms with E-state index in [1.807, 2.05) is 6.07 Å². The highest BCUT2D eigenvalue weighted by Crippen LogP contribution is 2.33. The van der Waals surface area contributed by atoms with Crippen molar-refractivity contribution in [2.24, 2.45) is 0 Å². The molecule has 6 heteroatoms. The van der Waals surface area contributed by atoms with Crippen LogP contribution in [0.2, 0.25) is 0 Å². The number of ether oxygens (including phenoxy) is 2. The van der Waals surface area contributed by atoms with Crippen LogP contribution in [0.3, 0.4) is 0 Å². The molecule has 0 spiro atoms. The van der Waals surface area contributed by atoms with E-state index in [4.69, 9.17) is 13.9 Å². The maximum absolute atomic E-state index is 12.3. The van der Waals surface area contributed by atoms with Crippen LogP contribution in [0, 0.1) is 0 Å². The van der Waals surface area contributed by atoms with Crippen molar-refractivity contribution in [2.45, 2.75) is 37.9 Å².